The van der Waals surface area contributed by atoms with Crippen LogP contribution >= 0.6 is 0 Å². The second-order valence-electron chi connectivity index (χ2n) is 4.22. The Kier molecular flexibility index (Phi) is 5.94. The Labute approximate surface area is 103 Å². The molecule has 0 radical (unpaired) electrons. The van der Waals surface area contributed by atoms with Crippen molar-refractivity contribution in [3.63, 3.8) is 0 Å². The zero-order valence-corrected chi connectivity index (χ0v) is 10.7. The van der Waals surface area contributed by atoms with Crippen LogP contribution in [0.2, 0.25) is 0 Å². The van der Waals surface area contributed by atoms with Gasteiger partial charge in [-0.05, 0) is 31.4 Å². The smallest absolute Gasteiger partial charge is 0.0728 e. The summed E-state index contributed by atoms with van der Waals surface area (Å²) in [5, 5.41) is 0. The number of hydrogen-bond acceptors (Lipinski definition) is 4. The summed E-state index contributed by atoms with van der Waals surface area (Å²) in [7, 11) is 0. The van der Waals surface area contributed by atoms with Crippen LogP contribution in [0.1, 0.15) is 32.3 Å². The van der Waals surface area contributed by atoms with Crippen molar-refractivity contribution in [1.29, 1.82) is 0 Å². The minimum absolute atomic E-state index is 0.0265. The molecule has 1 aromatic heterocycles. The third-order valence-electron chi connectivity index (χ3n) is 2.83. The predicted octanol–water partition coefficient (Wildman–Crippen LogP) is 1.74. The molecule has 4 N–H and O–H groups in total. The van der Waals surface area contributed by atoms with Gasteiger partial charge in [-0.25, -0.2) is 0 Å². The maximum Gasteiger partial charge on any atom is 0.0728 e. The average molecular weight is 237 g/mol. The molecular weight excluding hydrogens is 214 g/mol. The molecule has 0 fully saturated rings. The van der Waals surface area contributed by atoms with E-state index in [1.807, 2.05) is 6.92 Å². The molecule has 0 spiro atoms. The highest BCUT2D eigenvalue weighted by Gasteiger charge is 2.18. The van der Waals surface area contributed by atoms with Crippen molar-refractivity contribution in [1.82, 2.24) is 4.98 Å². The third kappa shape index (κ3) is 4.32. The fourth-order valence-electron chi connectivity index (χ4n) is 1.91. The molecule has 0 aliphatic heterocycles. The van der Waals surface area contributed by atoms with Crippen LogP contribution in [0, 0.1) is 0 Å². The van der Waals surface area contributed by atoms with E-state index < -0.39 is 0 Å². The molecule has 1 rings (SSSR count). The summed E-state index contributed by atoms with van der Waals surface area (Å²) < 4.78 is 5.67. The van der Waals surface area contributed by atoms with Crippen molar-refractivity contribution < 1.29 is 4.74 Å². The van der Waals surface area contributed by atoms with Crippen LogP contribution in [-0.2, 0) is 11.2 Å². The lowest BCUT2D eigenvalue weighted by atomic mass is 9.99. The van der Waals surface area contributed by atoms with Crippen molar-refractivity contribution in [3.05, 3.63) is 24.0 Å². The number of nitrogens with zero attached hydrogens (tertiary/aromatic N) is 1. The summed E-state index contributed by atoms with van der Waals surface area (Å²) in [6.07, 6.45) is 6.34. The Morgan fingerprint density at radius 1 is 1.41 bits per heavy atom. The molecule has 0 aliphatic carbocycles. The van der Waals surface area contributed by atoms with E-state index in [0.29, 0.717) is 13.0 Å². The van der Waals surface area contributed by atoms with Gasteiger partial charge in [0.15, 0.2) is 0 Å². The molecule has 1 aromatic rings. The molecule has 0 saturated heterocycles. The first-order valence-electron chi connectivity index (χ1n) is 6.24. The lowest BCUT2D eigenvalue weighted by Crippen LogP contribution is -2.38. The van der Waals surface area contributed by atoms with Gasteiger partial charge < -0.3 is 16.2 Å². The first kappa shape index (κ1) is 13.9. The molecule has 2 unspecified atom stereocenters. The summed E-state index contributed by atoms with van der Waals surface area (Å²) in [5.41, 5.74) is 13.8. The molecular formula is C13H23N3O. The predicted molar refractivity (Wildman–Crippen MR) is 70.7 cm³/mol. The van der Waals surface area contributed by atoms with Crippen LogP contribution in [0.5, 0.6) is 0 Å². The first-order valence-corrected chi connectivity index (χ1v) is 6.24. The number of anilines is 1. The Bertz CT molecular complexity index is 324. The van der Waals surface area contributed by atoms with E-state index in [2.05, 4.69) is 11.9 Å². The van der Waals surface area contributed by atoms with Gasteiger partial charge in [-0.2, -0.15) is 0 Å². The Morgan fingerprint density at radius 3 is 2.76 bits per heavy atom. The largest absolute Gasteiger partial charge is 0.398 e. The number of hydrogen-bond donors (Lipinski definition) is 2. The summed E-state index contributed by atoms with van der Waals surface area (Å²) in [5.74, 6) is 0. The van der Waals surface area contributed by atoms with Gasteiger partial charge in [0.2, 0.25) is 0 Å². The molecule has 1 heterocycles. The molecule has 0 saturated carbocycles. The maximum absolute atomic E-state index is 6.18. The quantitative estimate of drug-likeness (QED) is 0.757. The van der Waals surface area contributed by atoms with Gasteiger partial charge in [0.05, 0.1) is 6.10 Å². The monoisotopic (exact) mass is 237 g/mol. The van der Waals surface area contributed by atoms with Gasteiger partial charge in [-0.15, -0.1) is 0 Å². The van der Waals surface area contributed by atoms with E-state index >= 15 is 0 Å². The molecule has 0 bridgehead atoms. The third-order valence-corrected chi connectivity index (χ3v) is 2.83. The number of ether oxygens (including phenoxy) is 1. The summed E-state index contributed by atoms with van der Waals surface area (Å²) in [4.78, 5) is 4.07. The van der Waals surface area contributed by atoms with Crippen LogP contribution < -0.4 is 11.5 Å². The highest BCUT2D eigenvalue weighted by Crippen LogP contribution is 2.15. The van der Waals surface area contributed by atoms with Crippen molar-refractivity contribution in [3.8, 4) is 0 Å². The van der Waals surface area contributed by atoms with E-state index in [0.717, 1.165) is 24.1 Å². The number of rotatable bonds is 7. The molecule has 0 aromatic carbocycles. The molecule has 4 heteroatoms. The van der Waals surface area contributed by atoms with Crippen LogP contribution in [0.15, 0.2) is 18.5 Å². The van der Waals surface area contributed by atoms with Gasteiger partial charge in [0, 0.05) is 30.7 Å². The van der Waals surface area contributed by atoms with Gasteiger partial charge in [0.25, 0.3) is 0 Å². The van der Waals surface area contributed by atoms with Crippen molar-refractivity contribution in [2.45, 2.75) is 45.3 Å². The summed E-state index contributed by atoms with van der Waals surface area (Å²) in [6, 6.07) is 1.78. The summed E-state index contributed by atoms with van der Waals surface area (Å²) >= 11 is 0. The van der Waals surface area contributed by atoms with Crippen LogP contribution in [0.3, 0.4) is 0 Å². The van der Waals surface area contributed by atoms with Gasteiger partial charge >= 0.3 is 0 Å². The Balaban J connectivity index is 2.62. The maximum atomic E-state index is 6.18. The van der Waals surface area contributed by atoms with E-state index in [-0.39, 0.29) is 12.1 Å². The fraction of sp³-hybridized carbons (Fsp3) is 0.615. The van der Waals surface area contributed by atoms with Crippen LogP contribution in [0.25, 0.3) is 0 Å². The zero-order valence-electron chi connectivity index (χ0n) is 10.7. The van der Waals surface area contributed by atoms with Crippen LogP contribution in [0.4, 0.5) is 5.69 Å². The summed E-state index contributed by atoms with van der Waals surface area (Å²) in [6.45, 7) is 4.83. The first-order chi connectivity index (χ1) is 8.19. The second-order valence-corrected chi connectivity index (χ2v) is 4.22. The van der Waals surface area contributed by atoms with Crippen LogP contribution in [-0.4, -0.2) is 23.7 Å². The molecule has 0 aliphatic rings. The molecule has 2 atom stereocenters. The normalized spacial score (nSPS) is 14.5. The fourth-order valence-corrected chi connectivity index (χ4v) is 1.91. The van der Waals surface area contributed by atoms with Gasteiger partial charge in [-0.1, -0.05) is 13.3 Å². The molecule has 17 heavy (non-hydrogen) atoms. The standard InChI is InChI=1S/C13H23N3O/c1-3-5-13(17-4-2)12(15)8-10-9-16-7-6-11(10)14/h6-7,9,12-13H,3-5,8,15H2,1-2H3,(H2,14,16). The number of nitrogen functional groups attached to an aromatic ring is 1. The van der Waals surface area contributed by atoms with Gasteiger partial charge in [0.1, 0.15) is 0 Å². The average Bonchev–Trinajstić information content (AvgIpc) is 2.32. The Hall–Kier alpha value is -1.13. The van der Waals surface area contributed by atoms with E-state index in [1.54, 1.807) is 18.5 Å². The van der Waals surface area contributed by atoms with Crippen molar-refractivity contribution >= 4 is 5.69 Å². The number of pyridine rings is 1. The highest BCUT2D eigenvalue weighted by atomic mass is 16.5. The molecule has 96 valence electrons. The topological polar surface area (TPSA) is 74.2 Å². The molecule has 0 amide bonds. The zero-order chi connectivity index (χ0) is 12.7. The van der Waals surface area contributed by atoms with E-state index in [1.165, 1.54) is 0 Å². The number of aromatic nitrogens is 1. The van der Waals surface area contributed by atoms with Crippen molar-refractivity contribution in [2.75, 3.05) is 12.3 Å². The van der Waals surface area contributed by atoms with E-state index in [4.69, 9.17) is 16.2 Å². The minimum atomic E-state index is -0.0265. The lowest BCUT2D eigenvalue weighted by Gasteiger charge is -2.23. The van der Waals surface area contributed by atoms with Crippen molar-refractivity contribution in [2.24, 2.45) is 5.73 Å². The highest BCUT2D eigenvalue weighted by molar-refractivity contribution is 5.44. The lowest BCUT2D eigenvalue weighted by molar-refractivity contribution is 0.0378. The minimum Gasteiger partial charge on any atom is -0.398 e. The second kappa shape index (κ2) is 7.25. The van der Waals surface area contributed by atoms with E-state index in [9.17, 15) is 0 Å². The van der Waals surface area contributed by atoms with Gasteiger partial charge in [-0.3, -0.25) is 4.98 Å². The molecule has 4 nitrogen and oxygen atoms in total. The SMILES string of the molecule is CCCC(OCC)C(N)Cc1cnccc1N. The Morgan fingerprint density at radius 2 is 2.18 bits per heavy atom. The number of nitrogens with two attached hydrogens (primary N) is 2.